The molecule has 2 N–H and O–H groups in total. The summed E-state index contributed by atoms with van der Waals surface area (Å²) in [5, 5.41) is 20.1. The summed E-state index contributed by atoms with van der Waals surface area (Å²) in [5.74, 6) is 0.298. The van der Waals surface area contributed by atoms with Crippen LogP contribution in [0.2, 0.25) is 0 Å². The van der Waals surface area contributed by atoms with Crippen molar-refractivity contribution in [3.63, 3.8) is 0 Å². The highest BCUT2D eigenvalue weighted by Gasteiger charge is 2.19. The van der Waals surface area contributed by atoms with E-state index < -0.39 is 17.8 Å². The van der Waals surface area contributed by atoms with Crippen LogP contribution in [-0.4, -0.2) is 17.1 Å². The standard InChI is InChI=1S/C12H8BrFN2O2/c1-2-3-9(12(17)18)16-8-5-4-7(6-15)10(13)11(8)14/h1,4-5,9,16H,3H2,(H,17,18). The molecule has 0 fully saturated rings. The van der Waals surface area contributed by atoms with E-state index in [-0.39, 0.29) is 22.1 Å². The van der Waals surface area contributed by atoms with E-state index in [0.29, 0.717) is 0 Å². The molecule has 4 nitrogen and oxygen atoms in total. The fourth-order valence-electron chi connectivity index (χ4n) is 1.25. The average molecular weight is 311 g/mol. The monoisotopic (exact) mass is 310 g/mol. The molecule has 18 heavy (non-hydrogen) atoms. The van der Waals surface area contributed by atoms with Crippen LogP contribution in [0.1, 0.15) is 12.0 Å². The van der Waals surface area contributed by atoms with E-state index in [0.717, 1.165) is 0 Å². The minimum atomic E-state index is -1.17. The maximum Gasteiger partial charge on any atom is 0.327 e. The highest BCUT2D eigenvalue weighted by Crippen LogP contribution is 2.27. The summed E-state index contributed by atoms with van der Waals surface area (Å²) in [5.41, 5.74) is 0.102. The van der Waals surface area contributed by atoms with Gasteiger partial charge in [0.05, 0.1) is 15.7 Å². The number of hydrogen-bond donors (Lipinski definition) is 2. The second-order valence-corrected chi connectivity index (χ2v) is 4.14. The third kappa shape index (κ3) is 2.99. The fraction of sp³-hybridized carbons (Fsp3) is 0.167. The number of rotatable bonds is 4. The minimum absolute atomic E-state index is 0.0140. The lowest BCUT2D eigenvalue weighted by molar-refractivity contribution is -0.137. The lowest BCUT2D eigenvalue weighted by Crippen LogP contribution is -2.29. The molecule has 6 heteroatoms. The molecule has 1 rings (SSSR count). The van der Waals surface area contributed by atoms with E-state index >= 15 is 0 Å². The summed E-state index contributed by atoms with van der Waals surface area (Å²) >= 11 is 2.93. The number of nitrogens with zero attached hydrogens (tertiary/aromatic N) is 1. The van der Waals surface area contributed by atoms with Crippen molar-refractivity contribution in [2.75, 3.05) is 5.32 Å². The maximum atomic E-state index is 13.8. The molecule has 0 saturated carbocycles. The number of carbonyl (C=O) groups is 1. The van der Waals surface area contributed by atoms with Crippen LogP contribution in [0.25, 0.3) is 0 Å². The summed E-state index contributed by atoms with van der Waals surface area (Å²) in [4.78, 5) is 10.9. The number of benzene rings is 1. The smallest absolute Gasteiger partial charge is 0.327 e. The lowest BCUT2D eigenvalue weighted by Gasteiger charge is -2.14. The molecular weight excluding hydrogens is 303 g/mol. The molecule has 0 aliphatic heterocycles. The van der Waals surface area contributed by atoms with Crippen molar-refractivity contribution < 1.29 is 14.3 Å². The van der Waals surface area contributed by atoms with Crippen molar-refractivity contribution in [3.05, 3.63) is 28.0 Å². The Morgan fingerprint density at radius 1 is 1.67 bits per heavy atom. The van der Waals surface area contributed by atoms with Crippen molar-refractivity contribution in [1.29, 1.82) is 5.26 Å². The first-order valence-corrected chi connectivity index (χ1v) is 5.61. The molecule has 0 saturated heterocycles. The molecule has 92 valence electrons. The predicted molar refractivity (Wildman–Crippen MR) is 67.3 cm³/mol. The third-order valence-corrected chi connectivity index (χ3v) is 2.93. The van der Waals surface area contributed by atoms with Gasteiger partial charge in [-0.2, -0.15) is 5.26 Å². The summed E-state index contributed by atoms with van der Waals surface area (Å²) in [7, 11) is 0. The Bertz CT molecular complexity index is 560. The zero-order valence-corrected chi connectivity index (χ0v) is 10.7. The average Bonchev–Trinajstić information content (AvgIpc) is 2.34. The van der Waals surface area contributed by atoms with Crippen LogP contribution in [0.15, 0.2) is 16.6 Å². The zero-order valence-electron chi connectivity index (χ0n) is 9.08. The van der Waals surface area contributed by atoms with Crippen LogP contribution in [0, 0.1) is 29.5 Å². The fourth-order valence-corrected chi connectivity index (χ4v) is 1.69. The van der Waals surface area contributed by atoms with Crippen LogP contribution in [0.4, 0.5) is 10.1 Å². The number of anilines is 1. The Morgan fingerprint density at radius 2 is 2.33 bits per heavy atom. The first-order valence-electron chi connectivity index (χ1n) is 4.82. The van der Waals surface area contributed by atoms with Gasteiger partial charge < -0.3 is 10.4 Å². The highest BCUT2D eigenvalue weighted by atomic mass is 79.9. The minimum Gasteiger partial charge on any atom is -0.480 e. The van der Waals surface area contributed by atoms with Crippen LogP contribution >= 0.6 is 15.9 Å². The summed E-state index contributed by atoms with van der Waals surface area (Å²) in [6.45, 7) is 0. The van der Waals surface area contributed by atoms with Gasteiger partial charge in [-0.3, -0.25) is 0 Å². The summed E-state index contributed by atoms with van der Waals surface area (Å²) in [6, 6.07) is 3.40. The molecule has 0 aliphatic carbocycles. The first-order chi connectivity index (χ1) is 8.51. The Morgan fingerprint density at radius 3 is 2.83 bits per heavy atom. The van der Waals surface area contributed by atoms with Gasteiger partial charge in [0.25, 0.3) is 0 Å². The van der Waals surface area contributed by atoms with Crippen molar-refractivity contribution in [2.45, 2.75) is 12.5 Å². The zero-order chi connectivity index (χ0) is 13.7. The van der Waals surface area contributed by atoms with E-state index in [1.165, 1.54) is 12.1 Å². The topological polar surface area (TPSA) is 73.1 Å². The van der Waals surface area contributed by atoms with E-state index in [1.54, 1.807) is 6.07 Å². The summed E-state index contributed by atoms with van der Waals surface area (Å²) < 4.78 is 13.8. The van der Waals surface area contributed by atoms with Crippen LogP contribution in [-0.2, 0) is 4.79 Å². The molecule has 0 amide bonds. The number of carboxylic acids is 1. The van der Waals surface area contributed by atoms with Gasteiger partial charge in [-0.15, -0.1) is 12.3 Å². The van der Waals surface area contributed by atoms with E-state index in [9.17, 15) is 9.18 Å². The molecule has 1 atom stereocenters. The van der Waals surface area contributed by atoms with Gasteiger partial charge in [-0.05, 0) is 28.1 Å². The van der Waals surface area contributed by atoms with E-state index in [1.807, 2.05) is 0 Å². The molecule has 0 radical (unpaired) electrons. The Labute approximate surface area is 112 Å². The van der Waals surface area contributed by atoms with Gasteiger partial charge in [0.2, 0.25) is 0 Å². The second kappa shape index (κ2) is 6.04. The number of nitrogens with one attached hydrogen (secondary N) is 1. The van der Waals surface area contributed by atoms with Crippen molar-refractivity contribution >= 4 is 27.6 Å². The molecule has 1 aromatic carbocycles. The van der Waals surface area contributed by atoms with Crippen LogP contribution < -0.4 is 5.32 Å². The number of hydrogen-bond acceptors (Lipinski definition) is 3. The van der Waals surface area contributed by atoms with Gasteiger partial charge in [-0.25, -0.2) is 9.18 Å². The molecule has 0 spiro atoms. The quantitative estimate of drug-likeness (QED) is 0.837. The van der Waals surface area contributed by atoms with Crippen LogP contribution in [0.5, 0.6) is 0 Å². The van der Waals surface area contributed by atoms with Gasteiger partial charge in [-0.1, -0.05) is 0 Å². The molecule has 1 aromatic rings. The van der Waals surface area contributed by atoms with Crippen molar-refractivity contribution in [1.82, 2.24) is 0 Å². The molecule has 0 heterocycles. The number of aliphatic carboxylic acids is 1. The van der Waals surface area contributed by atoms with Gasteiger partial charge >= 0.3 is 5.97 Å². The number of carboxylic acid groups (broad SMARTS) is 1. The first kappa shape index (κ1) is 14.0. The molecule has 0 aromatic heterocycles. The van der Waals surface area contributed by atoms with E-state index in [2.05, 4.69) is 27.2 Å². The van der Waals surface area contributed by atoms with Gasteiger partial charge in [0.15, 0.2) is 5.82 Å². The Kier molecular flexibility index (Phi) is 4.70. The number of halogens is 2. The molecule has 1 unspecified atom stereocenters. The summed E-state index contributed by atoms with van der Waals surface area (Å²) in [6.07, 6.45) is 4.96. The van der Waals surface area contributed by atoms with Gasteiger partial charge in [0, 0.05) is 6.42 Å². The maximum absolute atomic E-state index is 13.8. The van der Waals surface area contributed by atoms with Crippen molar-refractivity contribution in [3.8, 4) is 18.4 Å². The van der Waals surface area contributed by atoms with Crippen LogP contribution in [0.3, 0.4) is 0 Å². The molecular formula is C12H8BrFN2O2. The predicted octanol–water partition coefficient (Wildman–Crippen LogP) is 2.35. The highest BCUT2D eigenvalue weighted by molar-refractivity contribution is 9.10. The SMILES string of the molecule is C#CCC(Nc1ccc(C#N)c(Br)c1F)C(=O)O. The van der Waals surface area contributed by atoms with Crippen molar-refractivity contribution in [2.24, 2.45) is 0 Å². The molecule has 0 bridgehead atoms. The number of terminal acetylenes is 1. The normalized spacial score (nSPS) is 11.1. The number of nitriles is 1. The Hall–Kier alpha value is -2.05. The third-order valence-electron chi connectivity index (χ3n) is 2.15. The molecule has 0 aliphatic rings. The lowest BCUT2D eigenvalue weighted by atomic mass is 10.1. The van der Waals surface area contributed by atoms with Gasteiger partial charge in [0.1, 0.15) is 12.1 Å². The largest absolute Gasteiger partial charge is 0.480 e. The second-order valence-electron chi connectivity index (χ2n) is 3.34. The van der Waals surface area contributed by atoms with E-state index in [4.69, 9.17) is 16.8 Å². The Balaban J connectivity index is 3.06.